The Kier molecular flexibility index (Phi) is 5.07. The summed E-state index contributed by atoms with van der Waals surface area (Å²) < 4.78 is 35.7. The number of benzene rings is 2. The number of hydrogen-bond donors (Lipinski definition) is 0. The molecular formula is C24H25F2O4S-. The van der Waals surface area contributed by atoms with Crippen molar-refractivity contribution < 1.29 is 27.9 Å². The van der Waals surface area contributed by atoms with E-state index < -0.39 is 23.3 Å². The Balaban J connectivity index is 1.47. The molecule has 4 aliphatic carbocycles. The molecule has 0 radical (unpaired) electrons. The van der Waals surface area contributed by atoms with Crippen molar-refractivity contribution in [2.24, 2.45) is 17.3 Å². The number of ether oxygens (including phenoxy) is 1. The average Bonchev–Trinajstić information content (AvgIpc) is 2.71. The molecule has 4 bridgehead atoms. The van der Waals surface area contributed by atoms with Crippen LogP contribution in [0.5, 0.6) is 0 Å². The van der Waals surface area contributed by atoms with Gasteiger partial charge in [-0.3, -0.25) is 0 Å². The van der Waals surface area contributed by atoms with E-state index in [0.717, 1.165) is 38.5 Å². The topological polar surface area (TPSA) is 58.6 Å². The highest BCUT2D eigenvalue weighted by Crippen LogP contribution is 2.66. The fourth-order valence-corrected chi connectivity index (χ4v) is 7.44. The van der Waals surface area contributed by atoms with Crippen LogP contribution in [0.4, 0.5) is 8.78 Å². The van der Waals surface area contributed by atoms with Gasteiger partial charge in [0.25, 0.3) is 0 Å². The second-order valence-corrected chi connectivity index (χ2v) is 10.8. The lowest BCUT2D eigenvalue weighted by Crippen LogP contribution is -2.56. The van der Waals surface area contributed by atoms with Gasteiger partial charge in [0.05, 0.1) is 18.6 Å². The first-order valence-electron chi connectivity index (χ1n) is 10.8. The lowest BCUT2D eigenvalue weighted by atomic mass is 9.43. The Labute approximate surface area is 184 Å². The van der Waals surface area contributed by atoms with Crippen LogP contribution in [0.1, 0.15) is 49.7 Å². The SMILES string of the molecule is Cc1ccc(C23CC4CC(CC(COC(=O)C(F)(F)SO[O-])(C4)C2)C3)c2ccccc12. The van der Waals surface area contributed by atoms with Gasteiger partial charge >= 0.3 is 11.2 Å². The van der Waals surface area contributed by atoms with Gasteiger partial charge in [-0.15, -0.1) is 0 Å². The molecule has 7 heteroatoms. The van der Waals surface area contributed by atoms with Crippen LogP contribution in [0.25, 0.3) is 10.8 Å². The molecule has 2 unspecified atom stereocenters. The normalized spacial score (nSPS) is 31.9. The van der Waals surface area contributed by atoms with Crippen LogP contribution in [-0.2, 0) is 19.3 Å². The molecule has 0 aromatic heterocycles. The molecule has 4 saturated carbocycles. The minimum atomic E-state index is -3.99. The quantitative estimate of drug-likeness (QED) is 0.268. The summed E-state index contributed by atoms with van der Waals surface area (Å²) in [5.74, 6) is -0.668. The first-order chi connectivity index (χ1) is 14.8. The molecule has 4 fully saturated rings. The predicted molar refractivity (Wildman–Crippen MR) is 112 cm³/mol. The van der Waals surface area contributed by atoms with Crippen molar-refractivity contribution in [1.82, 2.24) is 0 Å². The second-order valence-electron chi connectivity index (χ2n) is 9.96. The van der Waals surface area contributed by atoms with Crippen LogP contribution in [0.3, 0.4) is 0 Å². The summed E-state index contributed by atoms with van der Waals surface area (Å²) in [5, 5.41) is 8.62. The molecular weight excluding hydrogens is 422 g/mol. The lowest BCUT2D eigenvalue weighted by Gasteiger charge is -2.62. The summed E-state index contributed by atoms with van der Waals surface area (Å²) >= 11 is -0.706. The minimum absolute atomic E-state index is 0.0147. The summed E-state index contributed by atoms with van der Waals surface area (Å²) in [5.41, 5.74) is 2.29. The predicted octanol–water partition coefficient (Wildman–Crippen LogP) is 5.06. The fourth-order valence-electron chi connectivity index (χ4n) is 7.23. The van der Waals surface area contributed by atoms with E-state index >= 15 is 0 Å². The number of fused-ring (bicyclic) bond motifs is 1. The molecule has 2 atom stereocenters. The van der Waals surface area contributed by atoms with Gasteiger partial charge in [0.2, 0.25) is 0 Å². The highest BCUT2D eigenvalue weighted by atomic mass is 32.2. The van der Waals surface area contributed by atoms with E-state index in [1.165, 1.54) is 21.9 Å². The summed E-state index contributed by atoms with van der Waals surface area (Å²) in [6, 6.07) is 12.9. The number of carbonyl (C=O) groups excluding carboxylic acids is 1. The molecule has 2 aromatic rings. The Morgan fingerprint density at radius 3 is 2.48 bits per heavy atom. The Bertz CT molecular complexity index is 1010. The maximum absolute atomic E-state index is 13.7. The van der Waals surface area contributed by atoms with E-state index in [0.29, 0.717) is 11.8 Å². The van der Waals surface area contributed by atoms with Crippen LogP contribution in [0, 0.1) is 24.2 Å². The summed E-state index contributed by atoms with van der Waals surface area (Å²) in [7, 11) is 0. The maximum atomic E-state index is 13.7. The molecule has 2 aromatic carbocycles. The van der Waals surface area contributed by atoms with E-state index in [4.69, 9.17) is 4.74 Å². The van der Waals surface area contributed by atoms with Crippen molar-refractivity contribution >= 4 is 28.8 Å². The first-order valence-corrected chi connectivity index (χ1v) is 11.5. The van der Waals surface area contributed by atoms with Gasteiger partial charge in [-0.05, 0) is 84.6 Å². The standard InChI is InChI=1S/C24H26F2O4S/c1-15-6-7-20(19-5-3-2-4-18(15)19)23-11-16-8-17(12-23)10-22(9-16,13-23)14-29-21(27)24(25,26)31-30-28/h2-7,16-17,28H,8-14H2,1H3/p-1. The summed E-state index contributed by atoms with van der Waals surface area (Å²) in [6.07, 6.45) is 6.00. The Morgan fingerprint density at radius 1 is 1.13 bits per heavy atom. The minimum Gasteiger partial charge on any atom is -0.710 e. The zero-order chi connectivity index (χ0) is 21.9. The van der Waals surface area contributed by atoms with Gasteiger partial charge in [-0.1, -0.05) is 36.4 Å². The zero-order valence-corrected chi connectivity index (χ0v) is 18.2. The van der Waals surface area contributed by atoms with Crippen molar-refractivity contribution in [2.75, 3.05) is 6.61 Å². The van der Waals surface area contributed by atoms with E-state index in [2.05, 4.69) is 47.7 Å². The maximum Gasteiger partial charge on any atom is 0.412 e. The van der Waals surface area contributed by atoms with Crippen molar-refractivity contribution in [3.63, 3.8) is 0 Å². The van der Waals surface area contributed by atoms with Crippen LogP contribution in [-0.4, -0.2) is 17.8 Å². The third kappa shape index (κ3) is 3.55. The van der Waals surface area contributed by atoms with E-state index in [9.17, 15) is 18.8 Å². The second kappa shape index (κ2) is 7.42. The molecule has 0 spiro atoms. The van der Waals surface area contributed by atoms with Crippen LogP contribution < -0.4 is 5.26 Å². The number of halogens is 2. The number of aryl methyl sites for hydroxylation is 1. The Morgan fingerprint density at radius 2 is 1.81 bits per heavy atom. The van der Waals surface area contributed by atoms with Crippen LogP contribution in [0.2, 0.25) is 0 Å². The van der Waals surface area contributed by atoms with Crippen molar-refractivity contribution in [3.05, 3.63) is 47.5 Å². The van der Waals surface area contributed by atoms with Gasteiger partial charge < -0.3 is 14.3 Å². The molecule has 0 saturated heterocycles. The average molecular weight is 448 g/mol. The number of carbonyl (C=O) groups is 1. The largest absolute Gasteiger partial charge is 0.710 e. The number of esters is 1. The molecule has 4 aliphatic rings. The monoisotopic (exact) mass is 447 g/mol. The van der Waals surface area contributed by atoms with Crippen molar-refractivity contribution in [2.45, 2.75) is 56.1 Å². The van der Waals surface area contributed by atoms with Crippen LogP contribution >= 0.6 is 12.0 Å². The molecule has 0 aliphatic heterocycles. The molecule has 6 rings (SSSR count). The molecule has 0 heterocycles. The number of alkyl halides is 2. The van der Waals surface area contributed by atoms with Crippen molar-refractivity contribution in [1.29, 1.82) is 0 Å². The fraction of sp³-hybridized carbons (Fsp3) is 0.542. The Hall–Kier alpha value is -1.70. The molecule has 166 valence electrons. The van der Waals surface area contributed by atoms with Gasteiger partial charge in [-0.2, -0.15) is 8.78 Å². The summed E-state index contributed by atoms with van der Waals surface area (Å²) in [6.45, 7) is 2.09. The van der Waals surface area contributed by atoms with E-state index in [1.54, 1.807) is 0 Å². The lowest BCUT2D eigenvalue weighted by molar-refractivity contribution is -0.630. The van der Waals surface area contributed by atoms with Gasteiger partial charge in [0.15, 0.2) is 0 Å². The highest BCUT2D eigenvalue weighted by Gasteiger charge is 2.59. The molecule has 31 heavy (non-hydrogen) atoms. The molecule has 4 nitrogen and oxygen atoms in total. The van der Waals surface area contributed by atoms with Gasteiger partial charge in [0.1, 0.15) is 0 Å². The first kappa shape index (κ1) is 21.2. The highest BCUT2D eigenvalue weighted by molar-refractivity contribution is 7.96. The number of hydrogen-bond acceptors (Lipinski definition) is 5. The van der Waals surface area contributed by atoms with E-state index in [1.807, 2.05) is 0 Å². The zero-order valence-electron chi connectivity index (χ0n) is 17.4. The molecule has 0 amide bonds. The van der Waals surface area contributed by atoms with Crippen molar-refractivity contribution in [3.8, 4) is 0 Å². The smallest absolute Gasteiger partial charge is 0.412 e. The third-order valence-corrected chi connectivity index (χ3v) is 8.23. The van der Waals surface area contributed by atoms with Gasteiger partial charge in [0, 0.05) is 5.41 Å². The van der Waals surface area contributed by atoms with Crippen LogP contribution in [0.15, 0.2) is 36.4 Å². The van der Waals surface area contributed by atoms with E-state index in [-0.39, 0.29) is 17.4 Å². The van der Waals surface area contributed by atoms with Gasteiger partial charge in [-0.25, -0.2) is 4.79 Å². The summed E-state index contributed by atoms with van der Waals surface area (Å²) in [4.78, 5) is 11.9. The third-order valence-electron chi connectivity index (χ3n) is 7.78. The number of rotatable bonds is 6. The molecule has 0 N–H and O–H groups in total.